The Morgan fingerprint density at radius 1 is 1.00 bits per heavy atom. The summed E-state index contributed by atoms with van der Waals surface area (Å²) in [6, 6.07) is 17.3. The molecule has 0 spiro atoms. The van der Waals surface area contributed by atoms with Crippen molar-refractivity contribution >= 4 is 56.9 Å². The predicted octanol–water partition coefficient (Wildman–Crippen LogP) is 2.72. The number of thiol groups is 1. The molecular weight excluding hydrogens is 514 g/mol. The van der Waals surface area contributed by atoms with Crippen LogP contribution in [0.3, 0.4) is 0 Å². The van der Waals surface area contributed by atoms with Crippen LogP contribution < -0.4 is 4.90 Å². The summed E-state index contributed by atoms with van der Waals surface area (Å²) in [5, 5.41) is 10.7. The van der Waals surface area contributed by atoms with Crippen molar-refractivity contribution in [3.63, 3.8) is 0 Å². The van der Waals surface area contributed by atoms with Crippen LogP contribution in [-0.4, -0.2) is 79.0 Å². The van der Waals surface area contributed by atoms with Crippen molar-refractivity contribution in [1.29, 1.82) is 0 Å². The minimum Gasteiger partial charge on any atom is -0.478 e. The van der Waals surface area contributed by atoms with E-state index in [0.29, 0.717) is 0 Å². The minimum absolute atomic E-state index is 0.0475. The fourth-order valence-electron chi connectivity index (χ4n) is 4.46. The molecule has 1 heterocycles. The van der Waals surface area contributed by atoms with Gasteiger partial charge < -0.3 is 14.9 Å². The second-order valence-electron chi connectivity index (χ2n) is 8.96. The van der Waals surface area contributed by atoms with E-state index in [0.717, 1.165) is 15.1 Å². The summed E-state index contributed by atoms with van der Waals surface area (Å²) in [7, 11) is -1.17. The molecule has 2 atom stereocenters. The fraction of sp³-hybridized carbons (Fsp3) is 0.269. The van der Waals surface area contributed by atoms with Crippen molar-refractivity contribution in [2.45, 2.75) is 22.6 Å². The van der Waals surface area contributed by atoms with Gasteiger partial charge in [-0.2, -0.15) is 16.9 Å². The molecule has 4 rings (SSSR count). The summed E-state index contributed by atoms with van der Waals surface area (Å²) in [4.78, 5) is 40.3. The van der Waals surface area contributed by atoms with Gasteiger partial charge in [-0.1, -0.05) is 42.5 Å². The monoisotopic (exact) mass is 541 g/mol. The Bertz CT molecular complexity index is 1480. The number of hydrogen-bond acceptors (Lipinski definition) is 6. The molecule has 0 aromatic heterocycles. The van der Waals surface area contributed by atoms with Gasteiger partial charge in [0.05, 0.1) is 22.7 Å². The Labute approximate surface area is 220 Å². The fourth-order valence-corrected chi connectivity index (χ4v) is 6.62. The number of para-hydroxylation sites is 1. The van der Waals surface area contributed by atoms with E-state index in [1.165, 1.54) is 42.1 Å². The third-order valence-corrected chi connectivity index (χ3v) is 8.71. The normalized spacial score (nSPS) is 18.0. The highest BCUT2D eigenvalue weighted by Crippen LogP contribution is 2.31. The summed E-state index contributed by atoms with van der Waals surface area (Å²) in [6.07, 6.45) is 0.199. The minimum atomic E-state index is -4.02. The number of aromatic carboxylic acids is 1. The van der Waals surface area contributed by atoms with Gasteiger partial charge in [0, 0.05) is 25.9 Å². The summed E-state index contributed by atoms with van der Waals surface area (Å²) in [5.41, 5.74) is 0.145. The second-order valence-corrected chi connectivity index (χ2v) is 11.6. The van der Waals surface area contributed by atoms with Gasteiger partial charge in [0.1, 0.15) is 6.04 Å². The van der Waals surface area contributed by atoms with Gasteiger partial charge in [-0.3, -0.25) is 9.59 Å². The topological polar surface area (TPSA) is 115 Å². The van der Waals surface area contributed by atoms with E-state index in [2.05, 4.69) is 12.6 Å². The number of nitrogens with zero attached hydrogens (tertiary/aromatic N) is 3. The highest BCUT2D eigenvalue weighted by molar-refractivity contribution is 7.89. The number of anilines is 1. The van der Waals surface area contributed by atoms with E-state index >= 15 is 0 Å². The maximum Gasteiger partial charge on any atom is 0.337 e. The predicted molar refractivity (Wildman–Crippen MR) is 143 cm³/mol. The molecule has 9 nitrogen and oxygen atoms in total. The first-order valence-corrected chi connectivity index (χ1v) is 13.5. The number of hydrogen-bond donors (Lipinski definition) is 2. The van der Waals surface area contributed by atoms with Crippen molar-refractivity contribution in [3.05, 3.63) is 72.3 Å². The van der Waals surface area contributed by atoms with E-state index in [9.17, 15) is 27.9 Å². The molecule has 1 aliphatic rings. The molecule has 0 radical (unpaired) electrons. The zero-order valence-corrected chi connectivity index (χ0v) is 22.0. The zero-order valence-electron chi connectivity index (χ0n) is 20.3. The molecule has 1 fully saturated rings. The van der Waals surface area contributed by atoms with Crippen LogP contribution in [0.2, 0.25) is 0 Å². The quantitative estimate of drug-likeness (QED) is 0.445. The Balaban J connectivity index is 1.54. The highest BCUT2D eigenvalue weighted by atomic mass is 32.2. The number of sulfonamides is 1. The Morgan fingerprint density at radius 3 is 2.35 bits per heavy atom. The smallest absolute Gasteiger partial charge is 0.337 e. The Kier molecular flexibility index (Phi) is 7.58. The molecule has 0 aliphatic carbocycles. The molecule has 11 heteroatoms. The van der Waals surface area contributed by atoms with Crippen LogP contribution in [0.1, 0.15) is 16.8 Å². The Hall–Kier alpha value is -3.41. The number of likely N-dealkylation sites (N-methyl/N-ethyl adjacent to an activating group) is 2. The van der Waals surface area contributed by atoms with Gasteiger partial charge in [-0.15, -0.1) is 0 Å². The van der Waals surface area contributed by atoms with Crippen LogP contribution in [0, 0.1) is 0 Å². The van der Waals surface area contributed by atoms with E-state index in [-0.39, 0.29) is 40.9 Å². The molecule has 194 valence electrons. The van der Waals surface area contributed by atoms with E-state index in [1.807, 2.05) is 24.3 Å². The van der Waals surface area contributed by atoms with Crippen molar-refractivity contribution in [2.24, 2.45) is 0 Å². The molecular formula is C26H27N3O6S2. The van der Waals surface area contributed by atoms with Crippen LogP contribution in [0.15, 0.2) is 71.6 Å². The average Bonchev–Trinajstić information content (AvgIpc) is 3.29. The van der Waals surface area contributed by atoms with Crippen LogP contribution >= 0.6 is 12.6 Å². The molecule has 3 aromatic carbocycles. The van der Waals surface area contributed by atoms with Crippen molar-refractivity contribution in [2.75, 3.05) is 32.1 Å². The molecule has 0 unspecified atom stereocenters. The van der Waals surface area contributed by atoms with E-state index in [1.54, 1.807) is 24.3 Å². The Morgan fingerprint density at radius 2 is 1.65 bits per heavy atom. The summed E-state index contributed by atoms with van der Waals surface area (Å²) < 4.78 is 28.3. The highest BCUT2D eigenvalue weighted by Gasteiger charge is 2.44. The lowest BCUT2D eigenvalue weighted by Crippen LogP contribution is -2.49. The van der Waals surface area contributed by atoms with Gasteiger partial charge >= 0.3 is 5.97 Å². The van der Waals surface area contributed by atoms with Crippen molar-refractivity contribution in [3.8, 4) is 0 Å². The first kappa shape index (κ1) is 26.6. The van der Waals surface area contributed by atoms with Crippen LogP contribution in [-0.2, 0) is 19.6 Å². The van der Waals surface area contributed by atoms with Gasteiger partial charge in [0.2, 0.25) is 21.8 Å². The van der Waals surface area contributed by atoms with Gasteiger partial charge in [-0.25, -0.2) is 13.2 Å². The third-order valence-electron chi connectivity index (χ3n) is 6.46. The van der Waals surface area contributed by atoms with Crippen LogP contribution in [0.5, 0.6) is 0 Å². The number of carboxylic acids is 1. The SMILES string of the molecule is CN(CC(=O)N(C)c1ccccc1C(=O)O)C(=O)[C@@H]1C[C@@H](S)CN1S(=O)(=O)c1ccc2ccccc2c1. The van der Waals surface area contributed by atoms with Crippen LogP contribution in [0.25, 0.3) is 10.8 Å². The maximum atomic E-state index is 13.6. The molecule has 37 heavy (non-hydrogen) atoms. The van der Waals surface area contributed by atoms with E-state index in [4.69, 9.17) is 0 Å². The number of carboxylic acid groups (broad SMARTS) is 1. The number of carbonyl (C=O) groups is 3. The zero-order chi connectivity index (χ0) is 26.9. The standard InChI is InChI=1S/C26H27N3O6S2/c1-27(16-24(30)28(2)22-10-6-5-9-21(22)26(32)33)25(31)23-14-19(36)15-29(23)37(34,35)20-12-11-17-7-3-4-8-18(17)13-20/h3-13,19,23,36H,14-16H2,1-2H3,(H,32,33)/t19-,23+/m1/s1. The van der Waals surface area contributed by atoms with Crippen molar-refractivity contribution in [1.82, 2.24) is 9.21 Å². The van der Waals surface area contributed by atoms with Gasteiger partial charge in [0.25, 0.3) is 0 Å². The average molecular weight is 542 g/mol. The maximum absolute atomic E-state index is 13.6. The summed E-state index contributed by atoms with van der Waals surface area (Å²) >= 11 is 4.45. The number of carbonyl (C=O) groups excluding carboxylic acids is 2. The lowest BCUT2D eigenvalue weighted by atomic mass is 10.1. The largest absolute Gasteiger partial charge is 0.478 e. The second kappa shape index (κ2) is 10.5. The molecule has 0 saturated carbocycles. The first-order chi connectivity index (χ1) is 17.5. The summed E-state index contributed by atoms with van der Waals surface area (Å²) in [6.45, 7) is -0.302. The number of amides is 2. The third kappa shape index (κ3) is 5.34. The molecule has 3 aromatic rings. The van der Waals surface area contributed by atoms with Gasteiger partial charge in [-0.05, 0) is 41.5 Å². The van der Waals surface area contributed by atoms with E-state index < -0.39 is 33.8 Å². The van der Waals surface area contributed by atoms with Gasteiger partial charge in [0.15, 0.2) is 0 Å². The number of fused-ring (bicyclic) bond motifs is 1. The number of benzene rings is 3. The molecule has 1 N–H and O–H groups in total. The molecule has 0 bridgehead atoms. The lowest BCUT2D eigenvalue weighted by Gasteiger charge is -2.28. The lowest BCUT2D eigenvalue weighted by molar-refractivity contribution is -0.136. The van der Waals surface area contributed by atoms with Crippen LogP contribution in [0.4, 0.5) is 5.69 Å². The first-order valence-electron chi connectivity index (χ1n) is 11.5. The summed E-state index contributed by atoms with van der Waals surface area (Å²) in [5.74, 6) is -2.23. The molecule has 2 amide bonds. The molecule has 1 saturated heterocycles. The van der Waals surface area contributed by atoms with Crippen molar-refractivity contribution < 1.29 is 27.9 Å². The number of rotatable bonds is 7. The molecule has 1 aliphatic heterocycles.